The van der Waals surface area contributed by atoms with Crippen LogP contribution in [0.2, 0.25) is 0 Å². The van der Waals surface area contributed by atoms with E-state index in [1.165, 1.54) is 12.4 Å². The molecule has 1 saturated carbocycles. The van der Waals surface area contributed by atoms with Gasteiger partial charge in [0.1, 0.15) is 11.5 Å². The van der Waals surface area contributed by atoms with Gasteiger partial charge in [0, 0.05) is 35.5 Å². The number of hydrogen-bond donors (Lipinski definition) is 2. The second kappa shape index (κ2) is 18.7. The first kappa shape index (κ1) is 43.4. The van der Waals surface area contributed by atoms with Crippen molar-refractivity contribution in [3.05, 3.63) is 57.6 Å². The van der Waals surface area contributed by atoms with Crippen molar-refractivity contribution in [2.24, 2.45) is 9.98 Å². The number of alkyl halides is 6. The molecule has 1 fully saturated rings. The minimum absolute atomic E-state index is 0. The SMILES string of the molecule is CC(=O)[O-].CC(=O)[O-].CC(C)c1cc(C(F)(F)F)cc(C=NC2CCCCC2N=Cc2cc(C(F)(F)F)cc(C(C)C)c2O)c1O.[Co+2]. The second-order valence-electron chi connectivity index (χ2n) is 11.3. The van der Waals surface area contributed by atoms with E-state index in [4.69, 9.17) is 19.8 Å². The van der Waals surface area contributed by atoms with Gasteiger partial charge in [0.25, 0.3) is 0 Å². The van der Waals surface area contributed by atoms with E-state index in [1.807, 2.05) is 0 Å². The molecule has 1 aliphatic rings. The number of halogens is 6. The summed E-state index contributed by atoms with van der Waals surface area (Å²) in [5.41, 5.74) is -1.59. The number of aromatic hydroxyl groups is 2. The van der Waals surface area contributed by atoms with Crippen LogP contribution in [0.1, 0.15) is 112 Å². The predicted octanol–water partition coefficient (Wildman–Crippen LogP) is 5.74. The number of carbonyl (C=O) groups is 2. The Bertz CT molecular complexity index is 1290. The van der Waals surface area contributed by atoms with Crippen molar-refractivity contribution in [1.29, 1.82) is 0 Å². The molecule has 2 N–H and O–H groups in total. The van der Waals surface area contributed by atoms with Crippen molar-refractivity contribution < 1.29 is 73.1 Å². The molecule has 0 amide bonds. The van der Waals surface area contributed by atoms with E-state index in [9.17, 15) is 36.6 Å². The number of carboxylic acids is 2. The molecule has 1 aliphatic carbocycles. The van der Waals surface area contributed by atoms with Crippen molar-refractivity contribution in [2.45, 2.75) is 103 Å². The van der Waals surface area contributed by atoms with Gasteiger partial charge < -0.3 is 30.0 Å². The maximum Gasteiger partial charge on any atom is 2.00 e. The molecule has 0 bridgehead atoms. The zero-order valence-electron chi connectivity index (χ0n) is 26.6. The van der Waals surface area contributed by atoms with E-state index in [2.05, 4.69) is 9.98 Å². The monoisotopic (exact) mass is 719 g/mol. The maximum atomic E-state index is 13.4. The Kier molecular flexibility index (Phi) is 17.2. The Morgan fingerprint density at radius 2 is 1.00 bits per heavy atom. The fraction of sp³-hybridized carbons (Fsp3) is 0.500. The third-order valence-corrected chi connectivity index (χ3v) is 6.74. The van der Waals surface area contributed by atoms with Crippen LogP contribution in [-0.2, 0) is 38.7 Å². The Morgan fingerprint density at radius 1 is 0.723 bits per heavy atom. The molecular formula is C32H38CoF6N2O6. The van der Waals surface area contributed by atoms with Gasteiger partial charge >= 0.3 is 29.1 Å². The Hall–Kier alpha value is -3.59. The minimum atomic E-state index is -4.60. The summed E-state index contributed by atoms with van der Waals surface area (Å²) in [4.78, 5) is 26.7. The summed E-state index contributed by atoms with van der Waals surface area (Å²) < 4.78 is 80.6. The van der Waals surface area contributed by atoms with Crippen LogP contribution in [-0.4, -0.2) is 46.7 Å². The summed E-state index contributed by atoms with van der Waals surface area (Å²) in [6, 6.07) is 2.65. The van der Waals surface area contributed by atoms with Crippen molar-refractivity contribution >= 4 is 24.4 Å². The van der Waals surface area contributed by atoms with E-state index in [1.54, 1.807) is 27.7 Å². The smallest absolute Gasteiger partial charge is 0.550 e. The summed E-state index contributed by atoms with van der Waals surface area (Å²) in [6.45, 7) is 8.65. The van der Waals surface area contributed by atoms with Gasteiger partial charge in [0.05, 0.1) is 23.2 Å². The molecule has 8 nitrogen and oxygen atoms in total. The standard InChI is InChI=1S/C28H32F6N2O2.2C2H4O2.Co/c1-15(2)21-11-19(27(29,30)31)9-17(25(21)37)13-35-23-7-5-6-8-24(23)36-14-18-10-20(28(32,33)34)12-22(16(3)4)26(18)38;2*1-2(3)4;/h9-16,23-24,37-38H,5-8H2,1-4H3;2*1H3,(H,3,4);/q;;;+2/p-2. The Labute approximate surface area is 279 Å². The molecule has 1 radical (unpaired) electrons. The average molecular weight is 720 g/mol. The largest absolute Gasteiger partial charge is 2.00 e. The third-order valence-electron chi connectivity index (χ3n) is 6.74. The van der Waals surface area contributed by atoms with Crippen LogP contribution in [0, 0.1) is 0 Å². The summed E-state index contributed by atoms with van der Waals surface area (Å²) in [5, 5.41) is 38.9. The van der Waals surface area contributed by atoms with Gasteiger partial charge in [-0.3, -0.25) is 9.98 Å². The molecular weight excluding hydrogens is 681 g/mol. The third kappa shape index (κ3) is 14.4. The summed E-state index contributed by atoms with van der Waals surface area (Å²) in [5.74, 6) is -3.43. The molecule has 2 atom stereocenters. The summed E-state index contributed by atoms with van der Waals surface area (Å²) in [7, 11) is 0. The number of aliphatic imine (C=N–C) groups is 2. The zero-order valence-corrected chi connectivity index (χ0v) is 27.7. The number of aliphatic carboxylic acids is 2. The van der Waals surface area contributed by atoms with Gasteiger partial charge in [-0.25, -0.2) is 0 Å². The normalized spacial score (nSPS) is 16.7. The Morgan fingerprint density at radius 3 is 1.23 bits per heavy atom. The number of phenolic OH excluding ortho intramolecular Hbond substituents is 2. The van der Waals surface area contributed by atoms with Crippen LogP contribution < -0.4 is 10.2 Å². The van der Waals surface area contributed by atoms with Crippen molar-refractivity contribution in [2.75, 3.05) is 0 Å². The molecule has 2 aromatic rings. The fourth-order valence-corrected chi connectivity index (χ4v) is 4.56. The van der Waals surface area contributed by atoms with E-state index in [0.29, 0.717) is 12.8 Å². The number of carboxylic acid groups (broad SMARTS) is 2. The molecule has 0 aliphatic heterocycles. The van der Waals surface area contributed by atoms with Crippen LogP contribution in [0.25, 0.3) is 0 Å². The number of rotatable bonds is 6. The molecule has 3 rings (SSSR count). The van der Waals surface area contributed by atoms with E-state index in [0.717, 1.165) is 51.0 Å². The number of hydrogen-bond acceptors (Lipinski definition) is 8. The molecule has 0 aromatic heterocycles. The first-order valence-corrected chi connectivity index (χ1v) is 14.4. The maximum absolute atomic E-state index is 13.4. The van der Waals surface area contributed by atoms with Gasteiger partial charge in [-0.1, -0.05) is 40.5 Å². The van der Waals surface area contributed by atoms with Crippen molar-refractivity contribution in [1.82, 2.24) is 0 Å². The van der Waals surface area contributed by atoms with Crippen molar-refractivity contribution in [3.8, 4) is 11.5 Å². The predicted molar refractivity (Wildman–Crippen MR) is 157 cm³/mol. The van der Waals surface area contributed by atoms with Crippen LogP contribution in [0.5, 0.6) is 11.5 Å². The van der Waals surface area contributed by atoms with E-state index in [-0.39, 0.29) is 62.4 Å². The van der Waals surface area contributed by atoms with Crippen molar-refractivity contribution in [3.63, 3.8) is 0 Å². The number of benzene rings is 2. The first-order chi connectivity index (χ1) is 21.1. The van der Waals surface area contributed by atoms with Gasteiger partial charge in [0.15, 0.2) is 0 Å². The minimum Gasteiger partial charge on any atom is -0.550 e. The molecule has 47 heavy (non-hydrogen) atoms. The topological polar surface area (TPSA) is 145 Å². The molecule has 0 spiro atoms. The summed E-state index contributed by atoms with van der Waals surface area (Å²) in [6.07, 6.45) is -4.03. The van der Waals surface area contributed by atoms with Gasteiger partial charge in [-0.2, -0.15) is 26.3 Å². The van der Waals surface area contributed by atoms with Gasteiger partial charge in [-0.15, -0.1) is 0 Å². The zero-order chi connectivity index (χ0) is 35.6. The fourth-order valence-electron chi connectivity index (χ4n) is 4.56. The summed E-state index contributed by atoms with van der Waals surface area (Å²) >= 11 is 0. The first-order valence-electron chi connectivity index (χ1n) is 14.4. The quantitative estimate of drug-likeness (QED) is 0.288. The van der Waals surface area contributed by atoms with E-state index >= 15 is 0 Å². The molecule has 263 valence electrons. The molecule has 2 aromatic carbocycles. The van der Waals surface area contributed by atoms with Crippen LogP contribution in [0.15, 0.2) is 34.3 Å². The molecule has 2 unspecified atom stereocenters. The number of phenols is 2. The van der Waals surface area contributed by atoms with Gasteiger partial charge in [-0.05, 0) is 73.9 Å². The molecule has 0 saturated heterocycles. The average Bonchev–Trinajstić information content (AvgIpc) is 2.90. The Balaban J connectivity index is 0.00000211. The number of carbonyl (C=O) groups excluding carboxylic acids is 2. The van der Waals surface area contributed by atoms with Crippen LogP contribution in [0.3, 0.4) is 0 Å². The van der Waals surface area contributed by atoms with Crippen LogP contribution >= 0.6 is 0 Å². The number of nitrogens with zero attached hydrogens (tertiary/aromatic N) is 2. The molecule has 0 heterocycles. The van der Waals surface area contributed by atoms with E-state index < -0.39 is 47.5 Å². The van der Waals surface area contributed by atoms with Crippen LogP contribution in [0.4, 0.5) is 26.3 Å². The molecule has 15 heteroatoms. The second-order valence-corrected chi connectivity index (χ2v) is 11.3. The van der Waals surface area contributed by atoms with Gasteiger partial charge in [0.2, 0.25) is 0 Å².